The summed E-state index contributed by atoms with van der Waals surface area (Å²) in [6.45, 7) is 19.8. The Kier molecular flexibility index (Phi) is 10.9. The van der Waals surface area contributed by atoms with Crippen molar-refractivity contribution in [3.05, 3.63) is 82.9 Å². The van der Waals surface area contributed by atoms with Crippen LogP contribution < -0.4 is 18.8 Å². The smallest absolute Gasteiger partial charge is 0.250 e. The molecule has 5 rings (SSSR count). The van der Waals surface area contributed by atoms with Crippen LogP contribution in [-0.4, -0.2) is 53.1 Å². The lowest BCUT2D eigenvalue weighted by Crippen LogP contribution is -2.43. The SMILES string of the molecule is CCN(Cc1ccc(OCCN2CCCC2)cc1)c1cc(OC)ccc1C1CCCc2cc(O[Si](C)(C)C(C)(C)C)ccc2C1. The van der Waals surface area contributed by atoms with Crippen LogP contribution in [-0.2, 0) is 19.4 Å². The predicted octanol–water partition coefficient (Wildman–Crippen LogP) is 9.24. The molecule has 1 fully saturated rings. The second kappa shape index (κ2) is 14.6. The quantitative estimate of drug-likeness (QED) is 0.148. The van der Waals surface area contributed by atoms with E-state index in [1.54, 1.807) is 7.11 Å². The van der Waals surface area contributed by atoms with Crippen LogP contribution in [0.1, 0.15) is 81.5 Å². The van der Waals surface area contributed by atoms with E-state index in [2.05, 4.69) is 111 Å². The summed E-state index contributed by atoms with van der Waals surface area (Å²) in [5.41, 5.74) is 6.92. The Morgan fingerprint density at radius 1 is 0.867 bits per heavy atom. The van der Waals surface area contributed by atoms with E-state index in [0.717, 1.165) is 56.3 Å². The Morgan fingerprint density at radius 2 is 1.58 bits per heavy atom. The van der Waals surface area contributed by atoms with Crippen LogP contribution in [0, 0.1) is 0 Å². The lowest BCUT2D eigenvalue weighted by atomic mass is 9.88. The molecule has 1 saturated heterocycles. The molecule has 244 valence electrons. The second-order valence-electron chi connectivity index (χ2n) is 14.6. The van der Waals surface area contributed by atoms with E-state index in [-0.39, 0.29) is 5.04 Å². The van der Waals surface area contributed by atoms with Crippen molar-refractivity contribution in [2.45, 2.75) is 96.8 Å². The van der Waals surface area contributed by atoms with Gasteiger partial charge in [-0.1, -0.05) is 45.0 Å². The third-order valence-electron chi connectivity index (χ3n) is 10.4. The maximum absolute atomic E-state index is 6.69. The highest BCUT2D eigenvalue weighted by Crippen LogP contribution is 2.41. The van der Waals surface area contributed by atoms with Crippen LogP contribution in [0.5, 0.6) is 17.2 Å². The van der Waals surface area contributed by atoms with E-state index in [0.29, 0.717) is 5.92 Å². The molecule has 1 heterocycles. The number of likely N-dealkylation sites (tertiary alicyclic amines) is 1. The van der Waals surface area contributed by atoms with Gasteiger partial charge in [-0.3, -0.25) is 4.90 Å². The molecule has 2 aliphatic rings. The fraction of sp³-hybridized carbons (Fsp3) is 0.538. The molecule has 5 nitrogen and oxygen atoms in total. The molecule has 0 bridgehead atoms. The summed E-state index contributed by atoms with van der Waals surface area (Å²) in [5, 5.41) is 0.184. The summed E-state index contributed by atoms with van der Waals surface area (Å²) in [7, 11) is -0.109. The third kappa shape index (κ3) is 8.45. The van der Waals surface area contributed by atoms with Crippen LogP contribution >= 0.6 is 0 Å². The van der Waals surface area contributed by atoms with E-state index in [1.165, 1.54) is 66.7 Å². The minimum absolute atomic E-state index is 0.184. The number of rotatable bonds is 12. The van der Waals surface area contributed by atoms with Gasteiger partial charge in [0.2, 0.25) is 8.32 Å². The molecule has 0 amide bonds. The Hall–Kier alpha value is -2.96. The average molecular weight is 629 g/mol. The number of fused-ring (bicyclic) bond motifs is 1. The Labute approximate surface area is 274 Å². The molecule has 1 atom stereocenters. The van der Waals surface area contributed by atoms with Gasteiger partial charge in [0.25, 0.3) is 0 Å². The maximum atomic E-state index is 6.69. The van der Waals surface area contributed by atoms with Crippen molar-refractivity contribution in [3.63, 3.8) is 0 Å². The lowest BCUT2D eigenvalue weighted by molar-refractivity contribution is 0.238. The normalized spacial score (nSPS) is 17.4. The molecule has 1 aliphatic carbocycles. The van der Waals surface area contributed by atoms with Gasteiger partial charge in [0.15, 0.2) is 0 Å². The molecule has 0 N–H and O–H groups in total. The van der Waals surface area contributed by atoms with E-state index in [4.69, 9.17) is 13.9 Å². The fourth-order valence-electron chi connectivity index (χ4n) is 6.56. The molecule has 3 aromatic carbocycles. The molecule has 45 heavy (non-hydrogen) atoms. The number of nitrogens with zero attached hydrogens (tertiary/aromatic N) is 2. The number of benzene rings is 3. The van der Waals surface area contributed by atoms with Gasteiger partial charge < -0.3 is 18.8 Å². The van der Waals surface area contributed by atoms with Gasteiger partial charge in [-0.15, -0.1) is 0 Å². The van der Waals surface area contributed by atoms with Crippen molar-refractivity contribution in [1.29, 1.82) is 0 Å². The summed E-state index contributed by atoms with van der Waals surface area (Å²) >= 11 is 0. The highest BCUT2D eigenvalue weighted by atomic mass is 28.4. The fourth-order valence-corrected chi connectivity index (χ4v) is 7.59. The van der Waals surface area contributed by atoms with E-state index in [1.807, 2.05) is 0 Å². The van der Waals surface area contributed by atoms with Gasteiger partial charge in [0.05, 0.1) is 7.11 Å². The molecule has 0 saturated carbocycles. The van der Waals surface area contributed by atoms with Crippen molar-refractivity contribution in [2.24, 2.45) is 0 Å². The van der Waals surface area contributed by atoms with Gasteiger partial charge in [-0.05, 0) is 135 Å². The molecular weight excluding hydrogens is 573 g/mol. The number of hydrogen-bond donors (Lipinski definition) is 0. The van der Waals surface area contributed by atoms with Crippen molar-refractivity contribution < 1.29 is 13.9 Å². The van der Waals surface area contributed by atoms with Gasteiger partial charge in [0.1, 0.15) is 23.9 Å². The molecule has 0 aromatic heterocycles. The summed E-state index contributed by atoms with van der Waals surface area (Å²) < 4.78 is 18.5. The van der Waals surface area contributed by atoms with Crippen LogP contribution in [0.2, 0.25) is 18.1 Å². The van der Waals surface area contributed by atoms with Crippen LogP contribution in [0.25, 0.3) is 0 Å². The largest absolute Gasteiger partial charge is 0.543 e. The highest BCUT2D eigenvalue weighted by molar-refractivity contribution is 6.74. The van der Waals surface area contributed by atoms with Crippen molar-refractivity contribution in [1.82, 2.24) is 4.90 Å². The van der Waals surface area contributed by atoms with Gasteiger partial charge >= 0.3 is 0 Å². The lowest BCUT2D eigenvalue weighted by Gasteiger charge is -2.36. The Bertz CT molecular complexity index is 1390. The monoisotopic (exact) mass is 628 g/mol. The van der Waals surface area contributed by atoms with Gasteiger partial charge in [-0.25, -0.2) is 0 Å². The van der Waals surface area contributed by atoms with E-state index < -0.39 is 8.32 Å². The minimum Gasteiger partial charge on any atom is -0.543 e. The Balaban J connectivity index is 1.31. The Morgan fingerprint density at radius 3 is 2.27 bits per heavy atom. The molecule has 0 spiro atoms. The zero-order valence-corrected chi connectivity index (χ0v) is 30.0. The van der Waals surface area contributed by atoms with Crippen molar-refractivity contribution >= 4 is 14.0 Å². The zero-order chi connectivity index (χ0) is 32.0. The number of hydrogen-bond acceptors (Lipinski definition) is 5. The van der Waals surface area contributed by atoms with Crippen LogP contribution in [0.3, 0.4) is 0 Å². The van der Waals surface area contributed by atoms with Crippen LogP contribution in [0.15, 0.2) is 60.7 Å². The number of aryl methyl sites for hydroxylation is 1. The summed E-state index contributed by atoms with van der Waals surface area (Å²) in [4.78, 5) is 5.00. The summed E-state index contributed by atoms with van der Waals surface area (Å²) in [5.74, 6) is 3.37. The number of anilines is 1. The molecule has 6 heteroatoms. The third-order valence-corrected chi connectivity index (χ3v) is 14.8. The highest BCUT2D eigenvalue weighted by Gasteiger charge is 2.39. The van der Waals surface area contributed by atoms with Crippen molar-refractivity contribution in [3.8, 4) is 17.2 Å². The molecule has 3 aromatic rings. The standard InChI is InChI=1S/C39H56N2O3Si/c1-8-41(29-30-14-17-34(18-15-30)43-25-24-40-22-9-10-23-40)38-28-35(42-5)20-21-37(38)33-13-11-12-31-27-36(19-16-32(31)26-33)44-45(6,7)39(2,3)4/h14-21,27-28,33H,8-13,22-26,29H2,1-7H3. The number of methoxy groups -OCH3 is 1. The first-order valence-corrected chi connectivity index (χ1v) is 20.1. The molecular formula is C39H56N2O3Si. The predicted molar refractivity (Wildman–Crippen MR) is 191 cm³/mol. The first-order valence-electron chi connectivity index (χ1n) is 17.2. The summed E-state index contributed by atoms with van der Waals surface area (Å²) in [6, 6.07) is 22.3. The topological polar surface area (TPSA) is 34.2 Å². The molecule has 0 radical (unpaired) electrons. The minimum atomic E-state index is -1.88. The molecule has 1 unspecified atom stereocenters. The first-order chi connectivity index (χ1) is 21.6. The van der Waals surface area contributed by atoms with Crippen LogP contribution in [0.4, 0.5) is 5.69 Å². The van der Waals surface area contributed by atoms with E-state index >= 15 is 0 Å². The zero-order valence-electron chi connectivity index (χ0n) is 29.0. The van der Waals surface area contributed by atoms with Crippen molar-refractivity contribution in [2.75, 3.05) is 44.8 Å². The first kappa shape index (κ1) is 33.4. The van der Waals surface area contributed by atoms with Gasteiger partial charge in [-0.2, -0.15) is 0 Å². The maximum Gasteiger partial charge on any atom is 0.250 e. The molecule has 1 aliphatic heterocycles. The average Bonchev–Trinajstić information content (AvgIpc) is 3.45. The second-order valence-corrected chi connectivity index (χ2v) is 19.3. The number of ether oxygens (including phenoxy) is 2. The van der Waals surface area contributed by atoms with Gasteiger partial charge in [0, 0.05) is 31.4 Å². The van der Waals surface area contributed by atoms with E-state index in [9.17, 15) is 0 Å². The summed E-state index contributed by atoms with van der Waals surface area (Å²) in [6.07, 6.45) is 7.15.